The van der Waals surface area contributed by atoms with E-state index in [1.807, 2.05) is 30.3 Å². The Morgan fingerprint density at radius 3 is 2.32 bits per heavy atom. The summed E-state index contributed by atoms with van der Waals surface area (Å²) in [5.41, 5.74) is 0.479. The van der Waals surface area contributed by atoms with Gasteiger partial charge in [0.25, 0.3) is 5.66 Å². The molecule has 0 saturated heterocycles. The first kappa shape index (κ1) is 14.7. The van der Waals surface area contributed by atoms with Crippen molar-refractivity contribution in [3.8, 4) is 0 Å². The third-order valence-electron chi connectivity index (χ3n) is 4.28. The summed E-state index contributed by atoms with van der Waals surface area (Å²) in [7, 11) is 0. The van der Waals surface area contributed by atoms with Gasteiger partial charge in [-0.2, -0.15) is 4.74 Å². The standard InChI is InChI=1S/C17H17FN2O2/c1-12-16(13-6-4-3-5-7-13)20(22)17(2,19(12)21)14-8-10-15(18)11-9-14/h3-12,21H,1-2H3/t12-,17+/m0/s1. The van der Waals surface area contributed by atoms with Crippen molar-refractivity contribution in [2.45, 2.75) is 25.6 Å². The first-order chi connectivity index (χ1) is 10.5. The number of benzene rings is 2. The third-order valence-corrected chi connectivity index (χ3v) is 4.28. The molecule has 114 valence electrons. The molecule has 0 amide bonds. The van der Waals surface area contributed by atoms with Crippen LogP contribution in [0, 0.1) is 11.0 Å². The third kappa shape index (κ3) is 2.01. The van der Waals surface area contributed by atoms with E-state index in [1.54, 1.807) is 13.8 Å². The topological polar surface area (TPSA) is 49.5 Å². The van der Waals surface area contributed by atoms with Crippen molar-refractivity contribution >= 4 is 5.71 Å². The fourth-order valence-electron chi connectivity index (χ4n) is 2.97. The van der Waals surface area contributed by atoms with Crippen molar-refractivity contribution in [3.05, 3.63) is 76.7 Å². The molecule has 1 heterocycles. The van der Waals surface area contributed by atoms with Crippen LogP contribution in [0.2, 0.25) is 0 Å². The van der Waals surface area contributed by atoms with Gasteiger partial charge in [-0.05, 0) is 43.3 Å². The van der Waals surface area contributed by atoms with Crippen molar-refractivity contribution in [1.29, 1.82) is 0 Å². The fourth-order valence-corrected chi connectivity index (χ4v) is 2.97. The lowest BCUT2D eigenvalue weighted by Gasteiger charge is -2.29. The lowest BCUT2D eigenvalue weighted by atomic mass is 10.0. The second kappa shape index (κ2) is 5.19. The first-order valence-corrected chi connectivity index (χ1v) is 7.10. The molecule has 0 unspecified atom stereocenters. The van der Waals surface area contributed by atoms with Crippen LogP contribution in [0.5, 0.6) is 0 Å². The van der Waals surface area contributed by atoms with Gasteiger partial charge < -0.3 is 10.4 Å². The van der Waals surface area contributed by atoms with Crippen LogP contribution in [0.25, 0.3) is 0 Å². The average molecular weight is 300 g/mol. The van der Waals surface area contributed by atoms with Gasteiger partial charge in [0.2, 0.25) is 5.71 Å². The maximum atomic E-state index is 13.1. The van der Waals surface area contributed by atoms with Gasteiger partial charge in [0, 0.05) is 18.1 Å². The van der Waals surface area contributed by atoms with Gasteiger partial charge in [0.05, 0.1) is 0 Å². The molecule has 0 aliphatic carbocycles. The Morgan fingerprint density at radius 1 is 1.14 bits per heavy atom. The normalized spacial score (nSPS) is 25.7. The Kier molecular flexibility index (Phi) is 3.47. The Balaban J connectivity index is 2.16. The minimum atomic E-state index is -1.29. The van der Waals surface area contributed by atoms with E-state index < -0.39 is 11.7 Å². The van der Waals surface area contributed by atoms with Crippen LogP contribution in [-0.2, 0) is 5.66 Å². The number of hydroxylamine groups is 3. The summed E-state index contributed by atoms with van der Waals surface area (Å²) in [5.74, 6) is -0.382. The van der Waals surface area contributed by atoms with Gasteiger partial charge in [-0.1, -0.05) is 18.2 Å². The molecular weight excluding hydrogens is 283 g/mol. The van der Waals surface area contributed by atoms with Crippen LogP contribution in [0.4, 0.5) is 4.39 Å². The van der Waals surface area contributed by atoms with E-state index in [1.165, 1.54) is 24.3 Å². The highest BCUT2D eigenvalue weighted by Gasteiger charge is 2.54. The summed E-state index contributed by atoms with van der Waals surface area (Å²) in [6, 6.07) is 14.4. The van der Waals surface area contributed by atoms with Crippen LogP contribution < -0.4 is 0 Å². The Morgan fingerprint density at radius 2 is 1.73 bits per heavy atom. The molecule has 22 heavy (non-hydrogen) atoms. The minimum Gasteiger partial charge on any atom is -0.622 e. The predicted molar refractivity (Wildman–Crippen MR) is 81.0 cm³/mol. The first-order valence-electron chi connectivity index (χ1n) is 7.10. The summed E-state index contributed by atoms with van der Waals surface area (Å²) in [6.45, 7) is 3.39. The highest BCUT2D eigenvalue weighted by molar-refractivity contribution is 6.01. The van der Waals surface area contributed by atoms with E-state index in [0.29, 0.717) is 11.3 Å². The largest absolute Gasteiger partial charge is 0.622 e. The molecule has 0 aromatic heterocycles. The molecule has 1 N–H and O–H groups in total. The number of hydrogen-bond acceptors (Lipinski definition) is 3. The monoisotopic (exact) mass is 300 g/mol. The maximum Gasteiger partial charge on any atom is 0.274 e. The van der Waals surface area contributed by atoms with Crippen LogP contribution in [-0.4, -0.2) is 26.8 Å². The van der Waals surface area contributed by atoms with Gasteiger partial charge in [-0.15, -0.1) is 5.06 Å². The highest BCUT2D eigenvalue weighted by atomic mass is 19.1. The summed E-state index contributed by atoms with van der Waals surface area (Å²) in [6.07, 6.45) is 0. The minimum absolute atomic E-state index is 0.382. The summed E-state index contributed by atoms with van der Waals surface area (Å²) >= 11 is 0. The lowest BCUT2D eigenvalue weighted by molar-refractivity contribution is -0.595. The number of hydrogen-bond donors (Lipinski definition) is 1. The SMILES string of the molecule is C[C@H]1C(c2ccccc2)=[N+]([O-])[C@](C)(c2ccc(F)cc2)N1O. The molecule has 2 aromatic carbocycles. The lowest BCUT2D eigenvalue weighted by Crippen LogP contribution is -2.45. The molecular formula is C17H17FN2O2. The fraction of sp³-hybridized carbons (Fsp3) is 0.235. The molecule has 1 aliphatic rings. The van der Waals surface area contributed by atoms with Gasteiger partial charge in [-0.25, -0.2) is 4.39 Å². The van der Waals surface area contributed by atoms with Gasteiger partial charge in [0.15, 0.2) is 0 Å². The number of halogens is 1. The van der Waals surface area contributed by atoms with Crippen LogP contribution >= 0.6 is 0 Å². The van der Waals surface area contributed by atoms with Gasteiger partial charge >= 0.3 is 0 Å². The van der Waals surface area contributed by atoms with Crippen molar-refractivity contribution in [2.24, 2.45) is 0 Å². The molecule has 4 nitrogen and oxygen atoms in total. The van der Waals surface area contributed by atoms with E-state index in [2.05, 4.69) is 0 Å². The van der Waals surface area contributed by atoms with Crippen molar-refractivity contribution in [2.75, 3.05) is 0 Å². The molecule has 1 aliphatic heterocycles. The van der Waals surface area contributed by atoms with E-state index in [0.717, 1.165) is 15.4 Å². The Bertz CT molecular complexity index is 715. The molecule has 3 rings (SSSR count). The molecule has 2 aromatic rings. The zero-order chi connectivity index (χ0) is 15.9. The molecule has 0 fully saturated rings. The van der Waals surface area contributed by atoms with Crippen molar-refractivity contribution in [1.82, 2.24) is 5.06 Å². The predicted octanol–water partition coefficient (Wildman–Crippen LogP) is 3.09. The van der Waals surface area contributed by atoms with E-state index >= 15 is 0 Å². The van der Waals surface area contributed by atoms with Crippen molar-refractivity contribution < 1.29 is 14.3 Å². The molecule has 0 spiro atoms. The Labute approximate surface area is 128 Å². The van der Waals surface area contributed by atoms with Crippen molar-refractivity contribution in [3.63, 3.8) is 0 Å². The summed E-state index contributed by atoms with van der Waals surface area (Å²) < 4.78 is 13.9. The summed E-state index contributed by atoms with van der Waals surface area (Å²) in [4.78, 5) is 0. The maximum absolute atomic E-state index is 13.1. The van der Waals surface area contributed by atoms with Crippen LogP contribution in [0.1, 0.15) is 25.0 Å². The quantitative estimate of drug-likeness (QED) is 0.685. The van der Waals surface area contributed by atoms with Gasteiger partial charge in [0.1, 0.15) is 11.9 Å². The van der Waals surface area contributed by atoms with E-state index in [4.69, 9.17) is 0 Å². The highest BCUT2D eigenvalue weighted by Crippen LogP contribution is 2.36. The zero-order valence-electron chi connectivity index (χ0n) is 12.4. The number of nitrogens with zero attached hydrogens (tertiary/aromatic N) is 2. The second-order valence-corrected chi connectivity index (χ2v) is 5.59. The number of rotatable bonds is 2. The molecule has 0 radical (unpaired) electrons. The smallest absolute Gasteiger partial charge is 0.274 e. The van der Waals surface area contributed by atoms with Gasteiger partial charge in [-0.3, -0.25) is 0 Å². The van der Waals surface area contributed by atoms with E-state index in [9.17, 15) is 14.8 Å². The molecule has 0 bridgehead atoms. The zero-order valence-corrected chi connectivity index (χ0v) is 12.4. The van der Waals surface area contributed by atoms with Crippen LogP contribution in [0.15, 0.2) is 54.6 Å². The average Bonchev–Trinajstić information content (AvgIpc) is 2.71. The molecule has 2 atom stereocenters. The summed E-state index contributed by atoms with van der Waals surface area (Å²) in [5, 5.41) is 24.5. The molecule has 0 saturated carbocycles. The van der Waals surface area contributed by atoms with E-state index in [-0.39, 0.29) is 5.82 Å². The second-order valence-electron chi connectivity index (χ2n) is 5.59. The Hall–Kier alpha value is -2.24. The molecule has 5 heteroatoms. The van der Waals surface area contributed by atoms with Crippen LogP contribution in [0.3, 0.4) is 0 Å².